The highest BCUT2D eigenvalue weighted by Crippen LogP contribution is 2.40. The van der Waals surface area contributed by atoms with Gasteiger partial charge in [0.1, 0.15) is 35.1 Å². The van der Waals surface area contributed by atoms with Gasteiger partial charge in [-0.05, 0) is 37.0 Å². The summed E-state index contributed by atoms with van der Waals surface area (Å²) in [6, 6.07) is 6.31. The second-order valence-corrected chi connectivity index (χ2v) is 7.21. The molecule has 3 aromatic rings. The summed E-state index contributed by atoms with van der Waals surface area (Å²) in [6.45, 7) is -3.17. The number of benzene rings is 1. The van der Waals surface area contributed by atoms with Gasteiger partial charge in [-0.2, -0.15) is 8.78 Å². The minimum absolute atomic E-state index is 0.0248. The third-order valence-electron chi connectivity index (χ3n) is 5.05. The lowest BCUT2D eigenvalue weighted by atomic mass is 10.00. The number of nitrogens with zero attached hydrogens (tertiary/aromatic N) is 2. The molecule has 2 aromatic heterocycles. The molecule has 1 aromatic carbocycles. The fourth-order valence-electron chi connectivity index (χ4n) is 3.44. The molecule has 4 rings (SSSR count). The molecule has 1 saturated carbocycles. The second kappa shape index (κ2) is 8.71. The van der Waals surface area contributed by atoms with Crippen molar-refractivity contribution >= 4 is 17.7 Å². The average molecular weight is 430 g/mol. The molecule has 31 heavy (non-hydrogen) atoms. The maximum atomic E-state index is 13.1. The third kappa shape index (κ3) is 4.50. The number of aldehydes is 1. The highest BCUT2D eigenvalue weighted by molar-refractivity contribution is 6.02. The SMILES string of the molecule is COc1cc(-c2cnc3cc(OCC=O)ccn23)cc(OC(F)F)c1C(=O)CC1CC1. The van der Waals surface area contributed by atoms with Gasteiger partial charge in [0, 0.05) is 24.2 Å². The van der Waals surface area contributed by atoms with Crippen LogP contribution in [0.1, 0.15) is 29.6 Å². The number of imidazole rings is 1. The first-order chi connectivity index (χ1) is 15.0. The first-order valence-corrected chi connectivity index (χ1v) is 9.74. The summed E-state index contributed by atoms with van der Waals surface area (Å²) in [5, 5.41) is 0. The molecule has 1 aliphatic carbocycles. The van der Waals surface area contributed by atoms with E-state index in [0.717, 1.165) is 12.8 Å². The van der Waals surface area contributed by atoms with Crippen molar-refractivity contribution in [3.05, 3.63) is 42.2 Å². The van der Waals surface area contributed by atoms with Gasteiger partial charge >= 0.3 is 6.61 Å². The molecule has 0 atom stereocenters. The number of rotatable bonds is 10. The van der Waals surface area contributed by atoms with E-state index in [-0.39, 0.29) is 41.8 Å². The Labute approximate surface area is 176 Å². The summed E-state index contributed by atoms with van der Waals surface area (Å²) in [5.74, 6) is 0.412. The normalized spacial score (nSPS) is 13.4. The van der Waals surface area contributed by atoms with Gasteiger partial charge in [-0.25, -0.2) is 4.98 Å². The number of aromatic nitrogens is 2. The van der Waals surface area contributed by atoms with Crippen molar-refractivity contribution in [2.45, 2.75) is 25.9 Å². The molecule has 2 heterocycles. The minimum Gasteiger partial charge on any atom is -0.496 e. The first-order valence-electron chi connectivity index (χ1n) is 9.74. The van der Waals surface area contributed by atoms with Crippen LogP contribution in [0.4, 0.5) is 8.78 Å². The Bertz CT molecular complexity index is 1120. The fourth-order valence-corrected chi connectivity index (χ4v) is 3.44. The predicted molar refractivity (Wildman–Crippen MR) is 107 cm³/mol. The summed E-state index contributed by atoms with van der Waals surface area (Å²) in [6.07, 6.45) is 6.07. The lowest BCUT2D eigenvalue weighted by Gasteiger charge is -2.16. The number of fused-ring (bicyclic) bond motifs is 1. The van der Waals surface area contributed by atoms with Crippen LogP contribution in [-0.2, 0) is 4.79 Å². The smallest absolute Gasteiger partial charge is 0.387 e. The van der Waals surface area contributed by atoms with E-state index < -0.39 is 6.61 Å². The average Bonchev–Trinajstić information content (AvgIpc) is 3.46. The molecule has 0 saturated heterocycles. The summed E-state index contributed by atoms with van der Waals surface area (Å²) in [4.78, 5) is 27.6. The molecule has 9 heteroatoms. The maximum absolute atomic E-state index is 13.1. The monoisotopic (exact) mass is 430 g/mol. The zero-order chi connectivity index (χ0) is 22.0. The van der Waals surface area contributed by atoms with Crippen LogP contribution >= 0.6 is 0 Å². The van der Waals surface area contributed by atoms with Gasteiger partial charge in [-0.15, -0.1) is 0 Å². The van der Waals surface area contributed by atoms with E-state index in [2.05, 4.69) is 4.98 Å². The van der Waals surface area contributed by atoms with E-state index >= 15 is 0 Å². The van der Waals surface area contributed by atoms with Gasteiger partial charge in [0.25, 0.3) is 0 Å². The standard InChI is InChI=1S/C22H20F2N2O5/c1-29-18-9-14(10-19(31-22(23)24)21(18)17(28)8-13-2-3-13)16-12-25-20-11-15(30-7-6-27)4-5-26(16)20/h4-6,9-13,22H,2-3,7-8H2,1H3. The van der Waals surface area contributed by atoms with Crippen molar-refractivity contribution in [2.75, 3.05) is 13.7 Å². The fraction of sp³-hybridized carbons (Fsp3) is 0.318. The summed E-state index contributed by atoms with van der Waals surface area (Å²) in [5.41, 5.74) is 1.62. The zero-order valence-corrected chi connectivity index (χ0v) is 16.7. The van der Waals surface area contributed by atoms with Crippen molar-refractivity contribution in [2.24, 2.45) is 5.92 Å². The summed E-state index contributed by atoms with van der Waals surface area (Å²) < 4.78 is 43.3. The zero-order valence-electron chi connectivity index (χ0n) is 16.7. The summed E-state index contributed by atoms with van der Waals surface area (Å²) in [7, 11) is 1.38. The van der Waals surface area contributed by atoms with Gasteiger partial charge in [-0.3, -0.25) is 14.0 Å². The number of alkyl halides is 2. The molecular weight excluding hydrogens is 410 g/mol. The summed E-state index contributed by atoms with van der Waals surface area (Å²) >= 11 is 0. The number of ether oxygens (including phenoxy) is 3. The number of pyridine rings is 1. The molecule has 0 spiro atoms. The molecule has 7 nitrogen and oxygen atoms in total. The van der Waals surface area contributed by atoms with E-state index in [1.165, 1.54) is 13.2 Å². The quantitative estimate of drug-likeness (QED) is 0.355. The second-order valence-electron chi connectivity index (χ2n) is 7.21. The third-order valence-corrected chi connectivity index (χ3v) is 5.05. The molecule has 0 amide bonds. The van der Waals surface area contributed by atoms with Gasteiger partial charge in [0.15, 0.2) is 12.1 Å². The number of hydrogen-bond donors (Lipinski definition) is 0. The first kappa shape index (κ1) is 20.8. The van der Waals surface area contributed by atoms with Crippen molar-refractivity contribution in [3.8, 4) is 28.5 Å². The van der Waals surface area contributed by atoms with E-state index in [0.29, 0.717) is 28.9 Å². The van der Waals surface area contributed by atoms with Crippen LogP contribution in [0.2, 0.25) is 0 Å². The van der Waals surface area contributed by atoms with Crippen LogP contribution in [0.5, 0.6) is 17.2 Å². The topological polar surface area (TPSA) is 79.1 Å². The highest BCUT2D eigenvalue weighted by atomic mass is 19.3. The highest BCUT2D eigenvalue weighted by Gasteiger charge is 2.29. The number of methoxy groups -OCH3 is 1. The molecule has 0 radical (unpaired) electrons. The number of hydrogen-bond acceptors (Lipinski definition) is 6. The van der Waals surface area contributed by atoms with Crippen LogP contribution in [0.3, 0.4) is 0 Å². The van der Waals surface area contributed by atoms with E-state index in [1.54, 1.807) is 35.0 Å². The Balaban J connectivity index is 1.77. The minimum atomic E-state index is -3.09. The van der Waals surface area contributed by atoms with Crippen LogP contribution in [0.25, 0.3) is 16.9 Å². The van der Waals surface area contributed by atoms with Gasteiger partial charge < -0.3 is 14.2 Å². The molecular formula is C22H20F2N2O5. The van der Waals surface area contributed by atoms with Crippen molar-refractivity contribution in [3.63, 3.8) is 0 Å². The largest absolute Gasteiger partial charge is 0.496 e. The number of halogens is 2. The molecule has 162 valence electrons. The van der Waals surface area contributed by atoms with E-state index in [4.69, 9.17) is 14.2 Å². The van der Waals surface area contributed by atoms with Crippen LogP contribution < -0.4 is 14.2 Å². The van der Waals surface area contributed by atoms with Gasteiger partial charge in [0.2, 0.25) is 0 Å². The van der Waals surface area contributed by atoms with E-state index in [1.807, 2.05) is 0 Å². The van der Waals surface area contributed by atoms with Gasteiger partial charge in [-0.1, -0.05) is 0 Å². The molecule has 0 unspecified atom stereocenters. The Morgan fingerprint density at radius 1 is 1.29 bits per heavy atom. The molecule has 1 fully saturated rings. The number of carbonyl (C=O) groups excluding carboxylic acids is 2. The predicted octanol–water partition coefficient (Wildman–Crippen LogP) is 4.17. The Morgan fingerprint density at radius 3 is 2.74 bits per heavy atom. The maximum Gasteiger partial charge on any atom is 0.387 e. The lowest BCUT2D eigenvalue weighted by Crippen LogP contribution is -2.11. The van der Waals surface area contributed by atoms with Crippen molar-refractivity contribution in [1.29, 1.82) is 0 Å². The molecule has 0 N–H and O–H groups in total. The Hall–Kier alpha value is -3.49. The van der Waals surface area contributed by atoms with Crippen molar-refractivity contribution in [1.82, 2.24) is 9.38 Å². The Kier molecular flexibility index (Phi) is 5.83. The lowest BCUT2D eigenvalue weighted by molar-refractivity contribution is -0.109. The molecule has 1 aliphatic rings. The van der Waals surface area contributed by atoms with E-state index in [9.17, 15) is 18.4 Å². The van der Waals surface area contributed by atoms with Crippen LogP contribution in [-0.4, -0.2) is 41.8 Å². The number of Topliss-reactive ketones (excluding diaryl/α,β-unsaturated/α-hetero) is 1. The van der Waals surface area contributed by atoms with Crippen LogP contribution in [0, 0.1) is 5.92 Å². The number of carbonyl (C=O) groups is 2. The Morgan fingerprint density at radius 2 is 2.06 bits per heavy atom. The molecule has 0 aliphatic heterocycles. The van der Waals surface area contributed by atoms with Crippen LogP contribution in [0.15, 0.2) is 36.7 Å². The molecule has 0 bridgehead atoms. The van der Waals surface area contributed by atoms with Gasteiger partial charge in [0.05, 0.1) is 19.0 Å². The number of ketones is 1. The van der Waals surface area contributed by atoms with Crippen molar-refractivity contribution < 1.29 is 32.6 Å².